The molecule has 0 atom stereocenters. The van der Waals surface area contributed by atoms with Crippen LogP contribution in [-0.2, 0) is 6.42 Å². The van der Waals surface area contributed by atoms with Crippen LogP contribution in [0.25, 0.3) is 11.3 Å². The summed E-state index contributed by atoms with van der Waals surface area (Å²) < 4.78 is 6.24. The van der Waals surface area contributed by atoms with Crippen LogP contribution in [0, 0.1) is 0 Å². The molecular weight excluding hydrogens is 328 g/mol. The number of amides is 1. The highest BCUT2D eigenvalue weighted by Crippen LogP contribution is 2.17. The van der Waals surface area contributed by atoms with E-state index in [1.807, 2.05) is 48.5 Å². The smallest absolute Gasteiger partial charge is 0.407 e. The molecule has 0 aliphatic heterocycles. The van der Waals surface area contributed by atoms with E-state index in [4.69, 9.17) is 4.42 Å². The Morgan fingerprint density at radius 3 is 2.35 bits per heavy atom. The van der Waals surface area contributed by atoms with Crippen LogP contribution in [0.2, 0.25) is 0 Å². The van der Waals surface area contributed by atoms with Crippen LogP contribution in [-0.4, -0.2) is 29.1 Å². The number of hydrogen-bond donors (Lipinski definition) is 0. The minimum Gasteiger partial charge on any atom is -0.407 e. The summed E-state index contributed by atoms with van der Waals surface area (Å²) in [5, 5.41) is 0. The molecule has 1 heterocycles. The molecule has 2 aromatic carbocycles. The fraction of sp³-hybridized carbons (Fsp3) is 0.238. The summed E-state index contributed by atoms with van der Waals surface area (Å²) in [6.07, 6.45) is 4.29. The van der Waals surface area contributed by atoms with Crippen LogP contribution in [0.3, 0.4) is 0 Å². The van der Waals surface area contributed by atoms with Crippen molar-refractivity contribution in [3.63, 3.8) is 0 Å². The second-order valence-corrected chi connectivity index (χ2v) is 6.24. The maximum atomic E-state index is 12.5. The van der Waals surface area contributed by atoms with Gasteiger partial charge in [-0.25, -0.2) is 9.59 Å². The normalized spacial score (nSPS) is 10.7. The Balaban J connectivity index is 1.57. The molecule has 0 radical (unpaired) electrons. The van der Waals surface area contributed by atoms with Gasteiger partial charge in [0, 0.05) is 19.2 Å². The van der Waals surface area contributed by atoms with Gasteiger partial charge in [-0.2, -0.15) is 4.57 Å². The molecule has 0 aliphatic carbocycles. The highest BCUT2D eigenvalue weighted by molar-refractivity contribution is 5.77. The molecule has 0 fully saturated rings. The Labute approximate surface area is 152 Å². The first-order valence-electron chi connectivity index (χ1n) is 8.72. The summed E-state index contributed by atoms with van der Waals surface area (Å²) in [6, 6.07) is 19.1. The van der Waals surface area contributed by atoms with E-state index in [9.17, 15) is 9.59 Å². The highest BCUT2D eigenvalue weighted by Gasteiger charge is 2.17. The summed E-state index contributed by atoms with van der Waals surface area (Å²) in [4.78, 5) is 26.1. The number of nitrogens with zero attached hydrogens (tertiary/aromatic N) is 2. The summed E-state index contributed by atoms with van der Waals surface area (Å²) in [5.41, 5.74) is 2.06. The highest BCUT2D eigenvalue weighted by atomic mass is 16.4. The van der Waals surface area contributed by atoms with Crippen molar-refractivity contribution in [2.75, 3.05) is 13.6 Å². The van der Waals surface area contributed by atoms with Crippen molar-refractivity contribution < 1.29 is 9.21 Å². The predicted octanol–water partition coefficient (Wildman–Crippen LogP) is 4.03. The van der Waals surface area contributed by atoms with Gasteiger partial charge in [-0.1, -0.05) is 60.7 Å². The van der Waals surface area contributed by atoms with E-state index in [1.54, 1.807) is 11.9 Å². The average Bonchev–Trinajstić information content (AvgIpc) is 3.07. The molecule has 26 heavy (non-hydrogen) atoms. The lowest BCUT2D eigenvalue weighted by Crippen LogP contribution is -2.36. The van der Waals surface area contributed by atoms with Gasteiger partial charge in [-0.3, -0.25) is 0 Å². The van der Waals surface area contributed by atoms with Crippen molar-refractivity contribution in [2.45, 2.75) is 19.3 Å². The molecule has 3 aromatic rings. The lowest BCUT2D eigenvalue weighted by atomic mass is 10.1. The number of aryl methyl sites for hydroxylation is 1. The molecule has 0 unspecified atom stereocenters. The second-order valence-electron chi connectivity index (χ2n) is 6.24. The number of aromatic nitrogens is 1. The summed E-state index contributed by atoms with van der Waals surface area (Å²) >= 11 is 0. The van der Waals surface area contributed by atoms with Crippen LogP contribution in [0.5, 0.6) is 0 Å². The zero-order chi connectivity index (χ0) is 18.4. The Morgan fingerprint density at radius 2 is 1.65 bits per heavy atom. The van der Waals surface area contributed by atoms with E-state index in [0.29, 0.717) is 12.3 Å². The third-order valence-electron chi connectivity index (χ3n) is 4.28. The molecule has 5 nitrogen and oxygen atoms in total. The topological polar surface area (TPSA) is 55.5 Å². The van der Waals surface area contributed by atoms with Crippen molar-refractivity contribution in [1.82, 2.24) is 9.47 Å². The van der Waals surface area contributed by atoms with Gasteiger partial charge >= 0.3 is 11.8 Å². The Bertz CT molecular complexity index is 898. The van der Waals surface area contributed by atoms with E-state index in [-0.39, 0.29) is 6.03 Å². The van der Waals surface area contributed by atoms with Gasteiger partial charge in [0.1, 0.15) is 0 Å². The van der Waals surface area contributed by atoms with Crippen molar-refractivity contribution in [3.8, 4) is 11.3 Å². The van der Waals surface area contributed by atoms with E-state index >= 15 is 0 Å². The largest absolute Gasteiger partial charge is 0.427 e. The standard InChI is InChI=1S/C21H22N2O3/c1-22(15-9-8-12-17-10-4-2-5-11-17)20(24)23-16-19(26-21(23)25)18-13-6-3-7-14-18/h2-7,10-11,13-14,16H,8-9,12,15H2,1H3. The molecule has 3 rings (SSSR count). The van der Waals surface area contributed by atoms with E-state index in [1.165, 1.54) is 11.8 Å². The van der Waals surface area contributed by atoms with Gasteiger partial charge in [0.15, 0.2) is 5.76 Å². The molecule has 0 saturated heterocycles. The van der Waals surface area contributed by atoms with Crippen molar-refractivity contribution in [1.29, 1.82) is 0 Å². The van der Waals surface area contributed by atoms with Crippen molar-refractivity contribution >= 4 is 6.03 Å². The molecule has 0 spiro atoms. The van der Waals surface area contributed by atoms with Gasteiger partial charge in [-0.15, -0.1) is 0 Å². The second kappa shape index (κ2) is 8.34. The van der Waals surface area contributed by atoms with Gasteiger partial charge in [-0.05, 0) is 24.8 Å². The van der Waals surface area contributed by atoms with Gasteiger partial charge in [0.25, 0.3) is 0 Å². The zero-order valence-corrected chi connectivity index (χ0v) is 14.8. The predicted molar refractivity (Wildman–Crippen MR) is 101 cm³/mol. The summed E-state index contributed by atoms with van der Waals surface area (Å²) in [5.74, 6) is -0.272. The SMILES string of the molecule is CN(CCCCc1ccccc1)C(=O)n1cc(-c2ccccc2)oc1=O. The number of carbonyl (C=O) groups is 1. The minimum absolute atomic E-state index is 0.374. The molecule has 1 aromatic heterocycles. The monoisotopic (exact) mass is 350 g/mol. The van der Waals surface area contributed by atoms with Crippen molar-refractivity contribution in [3.05, 3.63) is 83.0 Å². The van der Waals surface area contributed by atoms with E-state index in [2.05, 4.69) is 12.1 Å². The van der Waals surface area contributed by atoms with Crippen LogP contribution in [0.1, 0.15) is 18.4 Å². The van der Waals surface area contributed by atoms with Crippen LogP contribution < -0.4 is 5.76 Å². The number of rotatable bonds is 6. The fourth-order valence-electron chi connectivity index (χ4n) is 2.81. The lowest BCUT2D eigenvalue weighted by Gasteiger charge is -2.16. The number of carbonyl (C=O) groups excluding carboxylic acids is 1. The van der Waals surface area contributed by atoms with Crippen LogP contribution in [0.15, 0.2) is 76.1 Å². The molecule has 0 bridgehead atoms. The summed E-state index contributed by atoms with van der Waals surface area (Å²) in [7, 11) is 1.70. The molecule has 134 valence electrons. The molecule has 0 N–H and O–H groups in total. The number of unbranched alkanes of at least 4 members (excludes halogenated alkanes) is 1. The Morgan fingerprint density at radius 1 is 1.00 bits per heavy atom. The number of oxazole rings is 1. The first-order valence-corrected chi connectivity index (χ1v) is 8.72. The van der Waals surface area contributed by atoms with Gasteiger partial charge < -0.3 is 9.32 Å². The lowest BCUT2D eigenvalue weighted by molar-refractivity contribution is 0.207. The molecule has 1 amide bonds. The average molecular weight is 350 g/mol. The summed E-state index contributed by atoms with van der Waals surface area (Å²) in [6.45, 7) is 0.587. The first-order chi connectivity index (χ1) is 12.6. The maximum absolute atomic E-state index is 12.5. The maximum Gasteiger partial charge on any atom is 0.427 e. The first kappa shape index (κ1) is 17.7. The van der Waals surface area contributed by atoms with Crippen LogP contribution in [0.4, 0.5) is 4.79 Å². The number of hydrogen-bond acceptors (Lipinski definition) is 3. The van der Waals surface area contributed by atoms with Gasteiger partial charge in [0.2, 0.25) is 0 Å². The Kier molecular flexibility index (Phi) is 5.69. The van der Waals surface area contributed by atoms with Crippen molar-refractivity contribution in [2.24, 2.45) is 0 Å². The number of benzene rings is 2. The molecule has 5 heteroatoms. The Hall–Kier alpha value is -3.08. The minimum atomic E-state index is -0.662. The quantitative estimate of drug-likeness (QED) is 0.631. The zero-order valence-electron chi connectivity index (χ0n) is 14.8. The third kappa shape index (κ3) is 4.30. The third-order valence-corrected chi connectivity index (χ3v) is 4.28. The molecular formula is C21H22N2O3. The molecule has 0 aliphatic rings. The fourth-order valence-corrected chi connectivity index (χ4v) is 2.81. The van der Waals surface area contributed by atoms with E-state index in [0.717, 1.165) is 29.4 Å². The molecule has 0 saturated carbocycles. The van der Waals surface area contributed by atoms with Crippen LogP contribution >= 0.6 is 0 Å². The van der Waals surface area contributed by atoms with E-state index < -0.39 is 5.76 Å². The van der Waals surface area contributed by atoms with Gasteiger partial charge in [0.05, 0.1) is 6.20 Å².